The molecule has 1 N–H and O–H groups in total. The van der Waals surface area contributed by atoms with Crippen LogP contribution in [0, 0.1) is 0 Å². The van der Waals surface area contributed by atoms with Crippen molar-refractivity contribution in [3.05, 3.63) is 16.7 Å². The summed E-state index contributed by atoms with van der Waals surface area (Å²) in [6.07, 6.45) is 1.79. The summed E-state index contributed by atoms with van der Waals surface area (Å²) in [7, 11) is 1.64. The molecule has 0 radical (unpaired) electrons. The lowest BCUT2D eigenvalue weighted by Crippen LogP contribution is -2.43. The van der Waals surface area contributed by atoms with Crippen molar-refractivity contribution < 1.29 is 4.74 Å². The molecule has 0 bridgehead atoms. The average molecular weight is 272 g/mol. The first-order valence-electron chi connectivity index (χ1n) is 4.96. The Labute approximate surface area is 97.8 Å². The molecule has 1 aromatic heterocycles. The number of piperazine rings is 1. The number of nitrogens with one attached hydrogen (secondary N) is 1. The number of hydrogen-bond acceptors (Lipinski definition) is 4. The first-order valence-corrected chi connectivity index (χ1v) is 5.76. The predicted octanol–water partition coefficient (Wildman–Crippen LogP) is 1.26. The predicted molar refractivity (Wildman–Crippen MR) is 63.6 cm³/mol. The Kier molecular flexibility index (Phi) is 3.43. The second kappa shape index (κ2) is 4.81. The molecule has 0 aromatic carbocycles. The van der Waals surface area contributed by atoms with Gasteiger partial charge in [-0.15, -0.1) is 0 Å². The molecule has 1 aromatic rings. The Hall–Kier alpha value is -0.810. The molecule has 0 atom stereocenters. The van der Waals surface area contributed by atoms with E-state index in [0.29, 0.717) is 5.88 Å². The maximum absolute atomic E-state index is 5.13. The Morgan fingerprint density at radius 1 is 1.47 bits per heavy atom. The fourth-order valence-corrected chi connectivity index (χ4v) is 2.14. The maximum atomic E-state index is 5.13. The SMILES string of the molecule is COc1cc(N2CCNCC2)c(Br)cn1. The van der Waals surface area contributed by atoms with Crippen molar-refractivity contribution in [3.63, 3.8) is 0 Å². The number of anilines is 1. The Morgan fingerprint density at radius 2 is 2.20 bits per heavy atom. The molecule has 0 spiro atoms. The number of pyridine rings is 1. The van der Waals surface area contributed by atoms with Crippen LogP contribution >= 0.6 is 15.9 Å². The van der Waals surface area contributed by atoms with Crippen LogP contribution < -0.4 is 15.0 Å². The van der Waals surface area contributed by atoms with Crippen LogP contribution in [-0.2, 0) is 0 Å². The van der Waals surface area contributed by atoms with Crippen molar-refractivity contribution in [2.24, 2.45) is 0 Å². The van der Waals surface area contributed by atoms with Crippen LogP contribution in [0.2, 0.25) is 0 Å². The van der Waals surface area contributed by atoms with Crippen LogP contribution in [0.1, 0.15) is 0 Å². The molecule has 2 rings (SSSR count). The number of nitrogens with zero attached hydrogens (tertiary/aromatic N) is 2. The van der Waals surface area contributed by atoms with Crippen LogP contribution in [0.4, 0.5) is 5.69 Å². The molecule has 1 aliphatic rings. The minimum absolute atomic E-state index is 0.659. The zero-order valence-corrected chi connectivity index (χ0v) is 10.2. The molecular formula is C10H14BrN3O. The van der Waals surface area contributed by atoms with E-state index in [0.717, 1.165) is 36.3 Å². The maximum Gasteiger partial charge on any atom is 0.215 e. The van der Waals surface area contributed by atoms with Gasteiger partial charge in [0.15, 0.2) is 0 Å². The molecular weight excluding hydrogens is 258 g/mol. The van der Waals surface area contributed by atoms with Gasteiger partial charge in [0.05, 0.1) is 17.3 Å². The van der Waals surface area contributed by atoms with Crippen LogP contribution in [0.25, 0.3) is 0 Å². The summed E-state index contributed by atoms with van der Waals surface area (Å²) in [6, 6.07) is 1.97. The van der Waals surface area contributed by atoms with Gasteiger partial charge in [0, 0.05) is 38.4 Å². The molecule has 0 aliphatic carbocycles. The third kappa shape index (κ3) is 2.41. The van der Waals surface area contributed by atoms with Crippen molar-refractivity contribution in [1.29, 1.82) is 0 Å². The number of hydrogen-bond donors (Lipinski definition) is 1. The molecule has 4 nitrogen and oxygen atoms in total. The summed E-state index contributed by atoms with van der Waals surface area (Å²) in [5.74, 6) is 0.659. The van der Waals surface area contributed by atoms with Crippen LogP contribution in [0.5, 0.6) is 5.88 Å². The Morgan fingerprint density at radius 3 is 2.87 bits per heavy atom. The van der Waals surface area contributed by atoms with Crippen LogP contribution in [-0.4, -0.2) is 38.3 Å². The van der Waals surface area contributed by atoms with Gasteiger partial charge in [-0.25, -0.2) is 4.98 Å². The highest BCUT2D eigenvalue weighted by Gasteiger charge is 2.14. The highest BCUT2D eigenvalue weighted by atomic mass is 79.9. The second-order valence-electron chi connectivity index (χ2n) is 3.42. The largest absolute Gasteiger partial charge is 0.481 e. The highest BCUT2D eigenvalue weighted by molar-refractivity contribution is 9.10. The van der Waals surface area contributed by atoms with Crippen molar-refractivity contribution in [2.45, 2.75) is 0 Å². The van der Waals surface area contributed by atoms with Gasteiger partial charge < -0.3 is 15.0 Å². The number of methoxy groups -OCH3 is 1. The normalized spacial score (nSPS) is 16.5. The third-order valence-corrected chi connectivity index (χ3v) is 3.09. The molecule has 2 heterocycles. The molecule has 1 saturated heterocycles. The number of aromatic nitrogens is 1. The Balaban J connectivity index is 2.24. The summed E-state index contributed by atoms with van der Waals surface area (Å²) in [6.45, 7) is 4.09. The first kappa shape index (κ1) is 10.7. The first-order chi connectivity index (χ1) is 7.31. The second-order valence-corrected chi connectivity index (χ2v) is 4.27. The minimum atomic E-state index is 0.659. The van der Waals surface area contributed by atoms with Crippen molar-refractivity contribution in [1.82, 2.24) is 10.3 Å². The quantitative estimate of drug-likeness (QED) is 0.879. The summed E-state index contributed by atoms with van der Waals surface area (Å²) in [5, 5.41) is 3.33. The van der Waals surface area contributed by atoms with E-state index in [9.17, 15) is 0 Å². The van der Waals surface area contributed by atoms with Crippen molar-refractivity contribution >= 4 is 21.6 Å². The lowest BCUT2D eigenvalue weighted by atomic mass is 10.3. The van der Waals surface area contributed by atoms with E-state index in [1.807, 2.05) is 6.07 Å². The zero-order valence-electron chi connectivity index (χ0n) is 8.66. The van der Waals surface area contributed by atoms with Crippen LogP contribution in [0.3, 0.4) is 0 Å². The topological polar surface area (TPSA) is 37.4 Å². The lowest BCUT2D eigenvalue weighted by molar-refractivity contribution is 0.397. The van der Waals surface area contributed by atoms with E-state index in [1.54, 1.807) is 13.3 Å². The summed E-state index contributed by atoms with van der Waals surface area (Å²) in [4.78, 5) is 6.47. The van der Waals surface area contributed by atoms with Gasteiger partial charge in [0.1, 0.15) is 0 Å². The molecule has 0 saturated carbocycles. The lowest BCUT2D eigenvalue weighted by Gasteiger charge is -2.30. The molecule has 0 unspecified atom stereocenters. The smallest absolute Gasteiger partial charge is 0.215 e. The molecule has 1 fully saturated rings. The molecule has 82 valence electrons. The zero-order chi connectivity index (χ0) is 10.7. The van der Waals surface area contributed by atoms with Crippen molar-refractivity contribution in [3.8, 4) is 5.88 Å². The van der Waals surface area contributed by atoms with E-state index in [2.05, 4.69) is 31.1 Å². The van der Waals surface area contributed by atoms with Gasteiger partial charge in [-0.2, -0.15) is 0 Å². The summed E-state index contributed by atoms with van der Waals surface area (Å²) in [5.41, 5.74) is 1.16. The molecule has 5 heteroatoms. The van der Waals surface area contributed by atoms with E-state index in [1.165, 1.54) is 0 Å². The minimum Gasteiger partial charge on any atom is -0.481 e. The van der Waals surface area contributed by atoms with Gasteiger partial charge >= 0.3 is 0 Å². The fraction of sp³-hybridized carbons (Fsp3) is 0.500. The number of rotatable bonds is 2. The summed E-state index contributed by atoms with van der Waals surface area (Å²) >= 11 is 3.52. The van der Waals surface area contributed by atoms with Gasteiger partial charge in [-0.3, -0.25) is 0 Å². The van der Waals surface area contributed by atoms with Gasteiger partial charge in [-0.05, 0) is 15.9 Å². The highest BCUT2D eigenvalue weighted by Crippen LogP contribution is 2.28. The third-order valence-electron chi connectivity index (χ3n) is 2.48. The van der Waals surface area contributed by atoms with Gasteiger partial charge in [0.2, 0.25) is 5.88 Å². The summed E-state index contributed by atoms with van der Waals surface area (Å²) < 4.78 is 6.15. The monoisotopic (exact) mass is 271 g/mol. The van der Waals surface area contributed by atoms with E-state index < -0.39 is 0 Å². The Bertz CT molecular complexity index is 339. The fourth-order valence-electron chi connectivity index (χ4n) is 1.67. The molecule has 15 heavy (non-hydrogen) atoms. The van der Waals surface area contributed by atoms with E-state index >= 15 is 0 Å². The number of halogens is 1. The van der Waals surface area contributed by atoms with Gasteiger partial charge in [-0.1, -0.05) is 0 Å². The number of ether oxygens (including phenoxy) is 1. The average Bonchev–Trinajstić information content (AvgIpc) is 2.31. The van der Waals surface area contributed by atoms with Crippen molar-refractivity contribution in [2.75, 3.05) is 38.2 Å². The van der Waals surface area contributed by atoms with Crippen LogP contribution in [0.15, 0.2) is 16.7 Å². The van der Waals surface area contributed by atoms with E-state index in [-0.39, 0.29) is 0 Å². The molecule has 0 amide bonds. The van der Waals surface area contributed by atoms with E-state index in [4.69, 9.17) is 4.74 Å². The standard InChI is InChI=1S/C10H14BrN3O/c1-15-10-6-9(8(11)7-13-10)14-4-2-12-3-5-14/h6-7,12H,2-5H2,1H3. The molecule has 1 aliphatic heterocycles. The van der Waals surface area contributed by atoms with Gasteiger partial charge in [0.25, 0.3) is 0 Å².